The smallest absolute Gasteiger partial charge is 0.224 e. The summed E-state index contributed by atoms with van der Waals surface area (Å²) in [7, 11) is 1.50. The number of anilines is 1. The minimum atomic E-state index is -0.392. The summed E-state index contributed by atoms with van der Waals surface area (Å²) in [6, 6.07) is 11.2. The van der Waals surface area contributed by atoms with Crippen molar-refractivity contribution in [2.75, 3.05) is 19.0 Å². The highest BCUT2D eigenvalue weighted by atomic mass is 19.1. The van der Waals surface area contributed by atoms with Crippen LogP contribution in [0.25, 0.3) is 0 Å². The van der Waals surface area contributed by atoms with E-state index in [0.717, 1.165) is 5.56 Å². The first-order chi connectivity index (χ1) is 12.0. The van der Waals surface area contributed by atoms with E-state index in [0.29, 0.717) is 35.8 Å². The average Bonchev–Trinajstić information content (AvgIpc) is 2.61. The van der Waals surface area contributed by atoms with Crippen LogP contribution in [0.15, 0.2) is 36.4 Å². The quantitative estimate of drug-likeness (QED) is 0.777. The van der Waals surface area contributed by atoms with Crippen LogP contribution in [0.1, 0.15) is 24.0 Å². The molecule has 0 aliphatic rings. The molecule has 2 aromatic rings. The molecule has 0 aliphatic heterocycles. The first kappa shape index (κ1) is 18.3. The predicted octanol–water partition coefficient (Wildman–Crippen LogP) is 3.81. The fraction of sp³-hybridized carbons (Fsp3) is 0.263. The van der Waals surface area contributed by atoms with Gasteiger partial charge in [0.05, 0.1) is 25.3 Å². The van der Waals surface area contributed by atoms with Gasteiger partial charge in [0, 0.05) is 18.2 Å². The van der Waals surface area contributed by atoms with Gasteiger partial charge in [0.25, 0.3) is 0 Å². The lowest BCUT2D eigenvalue weighted by molar-refractivity contribution is -0.116. The SMILES string of the molecule is COc1cc(C#N)ccc1OCCCC(=O)Nc1cc(F)ccc1C. The average molecular weight is 342 g/mol. The standard InChI is InChI=1S/C19H19FN2O3/c1-13-5-7-15(20)11-16(13)22-19(23)4-3-9-25-17-8-6-14(12-21)10-18(17)24-2/h5-8,10-11H,3-4,9H2,1-2H3,(H,22,23). The number of carbonyl (C=O) groups excluding carboxylic acids is 1. The number of nitrogens with one attached hydrogen (secondary N) is 1. The number of amides is 1. The molecule has 1 N–H and O–H groups in total. The fourth-order valence-electron chi connectivity index (χ4n) is 2.21. The van der Waals surface area contributed by atoms with Gasteiger partial charge in [-0.25, -0.2) is 4.39 Å². The Morgan fingerprint density at radius 2 is 2.04 bits per heavy atom. The lowest BCUT2D eigenvalue weighted by Gasteiger charge is -2.11. The molecule has 2 aromatic carbocycles. The molecule has 130 valence electrons. The van der Waals surface area contributed by atoms with Crippen molar-refractivity contribution in [2.24, 2.45) is 0 Å². The Hall–Kier alpha value is -3.07. The van der Waals surface area contributed by atoms with Crippen LogP contribution in [0.2, 0.25) is 0 Å². The number of aryl methyl sites for hydroxylation is 1. The number of carbonyl (C=O) groups is 1. The second kappa shape index (κ2) is 8.69. The lowest BCUT2D eigenvalue weighted by Crippen LogP contribution is -2.13. The summed E-state index contributed by atoms with van der Waals surface area (Å²) >= 11 is 0. The van der Waals surface area contributed by atoms with E-state index in [2.05, 4.69) is 5.32 Å². The number of rotatable bonds is 7. The topological polar surface area (TPSA) is 71.3 Å². The molecule has 0 unspecified atom stereocenters. The van der Waals surface area contributed by atoms with E-state index in [-0.39, 0.29) is 12.3 Å². The Labute approximate surface area is 146 Å². The van der Waals surface area contributed by atoms with Gasteiger partial charge in [0.15, 0.2) is 11.5 Å². The van der Waals surface area contributed by atoms with Crippen molar-refractivity contribution in [2.45, 2.75) is 19.8 Å². The molecule has 0 aliphatic carbocycles. The Morgan fingerprint density at radius 1 is 1.24 bits per heavy atom. The number of benzene rings is 2. The summed E-state index contributed by atoms with van der Waals surface area (Å²) in [5, 5.41) is 11.6. The summed E-state index contributed by atoms with van der Waals surface area (Å²) in [6.07, 6.45) is 0.734. The van der Waals surface area contributed by atoms with E-state index < -0.39 is 5.82 Å². The largest absolute Gasteiger partial charge is 0.493 e. The van der Waals surface area contributed by atoms with Crippen LogP contribution in [0.5, 0.6) is 11.5 Å². The number of nitrogens with zero attached hydrogens (tertiary/aromatic N) is 1. The van der Waals surface area contributed by atoms with Gasteiger partial charge in [-0.3, -0.25) is 4.79 Å². The highest BCUT2D eigenvalue weighted by Crippen LogP contribution is 2.28. The Morgan fingerprint density at radius 3 is 2.76 bits per heavy atom. The molecule has 5 nitrogen and oxygen atoms in total. The van der Waals surface area contributed by atoms with Gasteiger partial charge >= 0.3 is 0 Å². The van der Waals surface area contributed by atoms with E-state index in [1.165, 1.54) is 19.2 Å². The zero-order chi connectivity index (χ0) is 18.2. The first-order valence-corrected chi connectivity index (χ1v) is 7.80. The van der Waals surface area contributed by atoms with Crippen LogP contribution >= 0.6 is 0 Å². The van der Waals surface area contributed by atoms with E-state index in [9.17, 15) is 9.18 Å². The van der Waals surface area contributed by atoms with Crippen LogP contribution in [-0.4, -0.2) is 19.6 Å². The predicted molar refractivity (Wildman–Crippen MR) is 92.2 cm³/mol. The third-order valence-corrected chi connectivity index (χ3v) is 3.57. The summed E-state index contributed by atoms with van der Waals surface area (Å²) < 4.78 is 24.0. The molecule has 25 heavy (non-hydrogen) atoms. The second-order valence-corrected chi connectivity index (χ2v) is 5.44. The molecule has 6 heteroatoms. The van der Waals surface area contributed by atoms with Gasteiger partial charge in [-0.05, 0) is 43.2 Å². The van der Waals surface area contributed by atoms with Crippen molar-refractivity contribution in [3.63, 3.8) is 0 Å². The Kier molecular flexibility index (Phi) is 6.35. The van der Waals surface area contributed by atoms with Crippen molar-refractivity contribution in [1.29, 1.82) is 5.26 Å². The third kappa shape index (κ3) is 5.21. The highest BCUT2D eigenvalue weighted by molar-refractivity contribution is 5.91. The molecule has 0 aromatic heterocycles. The zero-order valence-electron chi connectivity index (χ0n) is 14.1. The molecule has 1 amide bonds. The molecule has 0 bridgehead atoms. The number of hydrogen-bond donors (Lipinski definition) is 1. The Balaban J connectivity index is 1.82. The summed E-state index contributed by atoms with van der Waals surface area (Å²) in [4.78, 5) is 11.9. The van der Waals surface area contributed by atoms with Crippen LogP contribution in [-0.2, 0) is 4.79 Å². The number of methoxy groups -OCH3 is 1. The van der Waals surface area contributed by atoms with Crippen molar-refractivity contribution in [1.82, 2.24) is 0 Å². The van der Waals surface area contributed by atoms with E-state index in [1.807, 2.05) is 6.07 Å². The molecular weight excluding hydrogens is 323 g/mol. The number of halogens is 1. The minimum absolute atomic E-state index is 0.205. The monoisotopic (exact) mass is 342 g/mol. The normalized spacial score (nSPS) is 10.0. The van der Waals surface area contributed by atoms with Crippen molar-refractivity contribution in [3.8, 4) is 17.6 Å². The molecule has 0 heterocycles. The van der Waals surface area contributed by atoms with E-state index in [4.69, 9.17) is 14.7 Å². The number of nitriles is 1. The maximum atomic E-state index is 13.2. The number of hydrogen-bond acceptors (Lipinski definition) is 4. The van der Waals surface area contributed by atoms with Gasteiger partial charge < -0.3 is 14.8 Å². The second-order valence-electron chi connectivity index (χ2n) is 5.44. The number of ether oxygens (including phenoxy) is 2. The van der Waals surface area contributed by atoms with Crippen LogP contribution in [0.4, 0.5) is 10.1 Å². The molecule has 0 atom stereocenters. The first-order valence-electron chi connectivity index (χ1n) is 7.80. The minimum Gasteiger partial charge on any atom is -0.493 e. The fourth-order valence-corrected chi connectivity index (χ4v) is 2.21. The van der Waals surface area contributed by atoms with E-state index >= 15 is 0 Å². The van der Waals surface area contributed by atoms with Gasteiger partial charge in [-0.1, -0.05) is 6.07 Å². The van der Waals surface area contributed by atoms with Crippen molar-refractivity contribution >= 4 is 11.6 Å². The molecule has 0 saturated carbocycles. The molecular formula is C19H19FN2O3. The summed E-state index contributed by atoms with van der Waals surface area (Å²) in [6.45, 7) is 2.12. The van der Waals surface area contributed by atoms with Gasteiger partial charge in [-0.2, -0.15) is 5.26 Å². The highest BCUT2D eigenvalue weighted by Gasteiger charge is 2.08. The van der Waals surface area contributed by atoms with Gasteiger partial charge in [-0.15, -0.1) is 0 Å². The van der Waals surface area contributed by atoms with Crippen LogP contribution in [0.3, 0.4) is 0 Å². The van der Waals surface area contributed by atoms with Crippen molar-refractivity contribution < 1.29 is 18.7 Å². The van der Waals surface area contributed by atoms with Crippen LogP contribution in [0, 0.1) is 24.1 Å². The third-order valence-electron chi connectivity index (χ3n) is 3.57. The summed E-state index contributed by atoms with van der Waals surface area (Å²) in [5.41, 5.74) is 1.75. The Bertz CT molecular complexity index is 800. The van der Waals surface area contributed by atoms with Gasteiger partial charge in [0.1, 0.15) is 5.82 Å². The lowest BCUT2D eigenvalue weighted by atomic mass is 10.2. The summed E-state index contributed by atoms with van der Waals surface area (Å²) in [5.74, 6) is 0.392. The molecule has 2 rings (SSSR count). The van der Waals surface area contributed by atoms with Gasteiger partial charge in [0.2, 0.25) is 5.91 Å². The molecule has 0 fully saturated rings. The zero-order valence-corrected chi connectivity index (χ0v) is 14.1. The van der Waals surface area contributed by atoms with Crippen molar-refractivity contribution in [3.05, 3.63) is 53.3 Å². The van der Waals surface area contributed by atoms with Crippen LogP contribution < -0.4 is 14.8 Å². The molecule has 0 saturated heterocycles. The molecule has 0 radical (unpaired) electrons. The maximum absolute atomic E-state index is 13.2. The van der Waals surface area contributed by atoms with E-state index in [1.54, 1.807) is 31.2 Å². The molecule has 0 spiro atoms. The maximum Gasteiger partial charge on any atom is 0.224 e.